The second-order valence-electron chi connectivity index (χ2n) is 4.92. The van der Waals surface area contributed by atoms with Gasteiger partial charge >= 0.3 is 0 Å². The summed E-state index contributed by atoms with van der Waals surface area (Å²) in [6, 6.07) is 7.35. The first kappa shape index (κ1) is 15.6. The number of nitrogens with zero attached hydrogens (tertiary/aromatic N) is 1. The van der Waals surface area contributed by atoms with Crippen LogP contribution >= 0.6 is 15.9 Å². The lowest BCUT2D eigenvalue weighted by Crippen LogP contribution is -2.49. The smallest absolute Gasteiger partial charge is 0.296 e. The average molecular weight is 349 g/mol. The van der Waals surface area contributed by atoms with Gasteiger partial charge in [0.1, 0.15) is 0 Å². The Balaban J connectivity index is 2.03. The standard InChI is InChI=1S/C16H17BrN2O2/c1-2-6-15(20)18-12-7-5-10-19(11-12)16(21)13-8-3-4-9-14(13)17/h3-4,8-9,12H,5,7,10-11H2,1H3,(H,18,20). The fourth-order valence-corrected chi connectivity index (χ4v) is 2.87. The molecule has 5 heteroatoms. The molecule has 2 rings (SSSR count). The Hall–Kier alpha value is -1.80. The summed E-state index contributed by atoms with van der Waals surface area (Å²) in [6.07, 6.45) is 1.75. The van der Waals surface area contributed by atoms with Crippen LogP contribution < -0.4 is 5.32 Å². The average Bonchev–Trinajstić information content (AvgIpc) is 2.47. The van der Waals surface area contributed by atoms with E-state index >= 15 is 0 Å². The van der Waals surface area contributed by atoms with Crippen LogP contribution in [0.3, 0.4) is 0 Å². The van der Waals surface area contributed by atoms with Crippen molar-refractivity contribution in [1.82, 2.24) is 10.2 Å². The van der Waals surface area contributed by atoms with Gasteiger partial charge in [-0.15, -0.1) is 0 Å². The highest BCUT2D eigenvalue weighted by molar-refractivity contribution is 9.10. The number of benzene rings is 1. The van der Waals surface area contributed by atoms with E-state index < -0.39 is 0 Å². The number of carbonyl (C=O) groups excluding carboxylic acids is 2. The molecule has 21 heavy (non-hydrogen) atoms. The minimum absolute atomic E-state index is 0.0111. The van der Waals surface area contributed by atoms with E-state index in [9.17, 15) is 9.59 Å². The zero-order chi connectivity index (χ0) is 15.2. The van der Waals surface area contributed by atoms with Crippen molar-refractivity contribution in [1.29, 1.82) is 0 Å². The number of hydrogen-bond acceptors (Lipinski definition) is 2. The van der Waals surface area contributed by atoms with Gasteiger partial charge in [-0.1, -0.05) is 18.1 Å². The van der Waals surface area contributed by atoms with Crippen molar-refractivity contribution in [2.45, 2.75) is 25.8 Å². The zero-order valence-electron chi connectivity index (χ0n) is 11.9. The van der Waals surface area contributed by atoms with Crippen LogP contribution in [0.25, 0.3) is 0 Å². The van der Waals surface area contributed by atoms with E-state index in [0.29, 0.717) is 18.7 Å². The zero-order valence-corrected chi connectivity index (χ0v) is 13.4. The molecule has 0 aliphatic carbocycles. The van der Waals surface area contributed by atoms with Gasteiger partial charge in [0.15, 0.2) is 0 Å². The van der Waals surface area contributed by atoms with Gasteiger partial charge in [0.05, 0.1) is 5.56 Å². The van der Waals surface area contributed by atoms with Crippen molar-refractivity contribution < 1.29 is 9.59 Å². The van der Waals surface area contributed by atoms with Crippen LogP contribution in [0, 0.1) is 11.8 Å². The lowest BCUT2D eigenvalue weighted by molar-refractivity contribution is -0.116. The number of carbonyl (C=O) groups is 2. The van der Waals surface area contributed by atoms with Crippen molar-refractivity contribution in [2.75, 3.05) is 13.1 Å². The van der Waals surface area contributed by atoms with E-state index in [-0.39, 0.29) is 17.9 Å². The molecule has 1 N–H and O–H groups in total. The molecule has 1 saturated heterocycles. The number of hydrogen-bond donors (Lipinski definition) is 1. The van der Waals surface area contributed by atoms with Gasteiger partial charge in [-0.2, -0.15) is 0 Å². The monoisotopic (exact) mass is 348 g/mol. The van der Waals surface area contributed by atoms with Gasteiger partial charge in [0.2, 0.25) is 0 Å². The number of likely N-dealkylation sites (tertiary alicyclic amines) is 1. The molecule has 1 heterocycles. The van der Waals surface area contributed by atoms with Crippen LogP contribution in [0.5, 0.6) is 0 Å². The Morgan fingerprint density at radius 1 is 1.38 bits per heavy atom. The van der Waals surface area contributed by atoms with Crippen LogP contribution in [-0.2, 0) is 4.79 Å². The van der Waals surface area contributed by atoms with Gasteiger partial charge in [0, 0.05) is 23.6 Å². The first-order chi connectivity index (χ1) is 10.1. The maximum absolute atomic E-state index is 12.5. The third-order valence-corrected chi connectivity index (χ3v) is 4.08. The Labute approximate surface area is 133 Å². The number of amides is 2. The molecular weight excluding hydrogens is 332 g/mol. The predicted octanol–water partition coefficient (Wildman–Crippen LogP) is 2.19. The molecule has 4 nitrogen and oxygen atoms in total. The molecule has 0 radical (unpaired) electrons. The number of piperidine rings is 1. The highest BCUT2D eigenvalue weighted by Gasteiger charge is 2.26. The molecule has 1 aromatic rings. The highest BCUT2D eigenvalue weighted by atomic mass is 79.9. The molecule has 2 amide bonds. The Kier molecular flexibility index (Phi) is 5.40. The van der Waals surface area contributed by atoms with Crippen LogP contribution in [0.15, 0.2) is 28.7 Å². The van der Waals surface area contributed by atoms with Crippen LogP contribution in [0.4, 0.5) is 0 Å². The topological polar surface area (TPSA) is 49.4 Å². The molecule has 0 bridgehead atoms. The maximum Gasteiger partial charge on any atom is 0.296 e. The highest BCUT2D eigenvalue weighted by Crippen LogP contribution is 2.20. The van der Waals surface area contributed by atoms with Gasteiger partial charge in [-0.3, -0.25) is 9.59 Å². The first-order valence-electron chi connectivity index (χ1n) is 6.89. The van der Waals surface area contributed by atoms with Crippen molar-refractivity contribution in [3.05, 3.63) is 34.3 Å². The van der Waals surface area contributed by atoms with Crippen LogP contribution in [0.1, 0.15) is 30.1 Å². The Bertz CT molecular complexity index is 604. The number of rotatable bonds is 2. The van der Waals surface area contributed by atoms with Crippen molar-refractivity contribution in [3.63, 3.8) is 0 Å². The SMILES string of the molecule is CC#CC(=O)NC1CCCN(C(=O)c2ccccc2Br)C1. The summed E-state index contributed by atoms with van der Waals surface area (Å²) in [4.78, 5) is 25.8. The molecule has 1 fully saturated rings. The second kappa shape index (κ2) is 7.28. The molecule has 0 saturated carbocycles. The molecular formula is C16H17BrN2O2. The van der Waals surface area contributed by atoms with Gasteiger partial charge in [-0.25, -0.2) is 0 Å². The molecule has 1 aliphatic heterocycles. The van der Waals surface area contributed by atoms with Crippen molar-refractivity contribution >= 4 is 27.7 Å². The normalized spacial score (nSPS) is 17.6. The van der Waals surface area contributed by atoms with Gasteiger partial charge in [0.25, 0.3) is 11.8 Å². The maximum atomic E-state index is 12.5. The summed E-state index contributed by atoms with van der Waals surface area (Å²) in [5.74, 6) is 4.75. The summed E-state index contributed by atoms with van der Waals surface area (Å²) in [5.41, 5.74) is 0.651. The van der Waals surface area contributed by atoms with Gasteiger partial charge in [-0.05, 0) is 53.7 Å². The fraction of sp³-hybridized carbons (Fsp3) is 0.375. The minimum atomic E-state index is -0.280. The van der Waals surface area contributed by atoms with Crippen molar-refractivity contribution in [3.8, 4) is 11.8 Å². The second-order valence-corrected chi connectivity index (χ2v) is 5.77. The van der Waals surface area contributed by atoms with Crippen molar-refractivity contribution in [2.24, 2.45) is 0 Å². The fourth-order valence-electron chi connectivity index (χ4n) is 2.42. The summed E-state index contributed by atoms with van der Waals surface area (Å²) < 4.78 is 0.790. The molecule has 110 valence electrons. The lowest BCUT2D eigenvalue weighted by atomic mass is 10.0. The van der Waals surface area contributed by atoms with E-state index in [1.165, 1.54) is 0 Å². The quantitative estimate of drug-likeness (QED) is 0.833. The van der Waals surface area contributed by atoms with Crippen LogP contribution in [-0.4, -0.2) is 35.8 Å². The summed E-state index contributed by atoms with van der Waals surface area (Å²) in [6.45, 7) is 2.87. The molecule has 0 aromatic heterocycles. The van der Waals surface area contributed by atoms with E-state index in [2.05, 4.69) is 33.1 Å². The number of halogens is 1. The molecule has 1 unspecified atom stereocenters. The van der Waals surface area contributed by atoms with E-state index in [4.69, 9.17) is 0 Å². The third kappa shape index (κ3) is 4.08. The predicted molar refractivity (Wildman–Crippen MR) is 84.7 cm³/mol. The summed E-state index contributed by atoms with van der Waals surface area (Å²) in [5, 5.41) is 2.85. The lowest BCUT2D eigenvalue weighted by Gasteiger charge is -2.33. The molecule has 1 atom stereocenters. The van der Waals surface area contributed by atoms with Gasteiger partial charge < -0.3 is 10.2 Å². The van der Waals surface area contributed by atoms with E-state index in [0.717, 1.165) is 17.3 Å². The first-order valence-corrected chi connectivity index (χ1v) is 7.68. The minimum Gasteiger partial charge on any atom is -0.341 e. The summed E-state index contributed by atoms with van der Waals surface area (Å²) in [7, 11) is 0. The molecule has 1 aromatic carbocycles. The summed E-state index contributed by atoms with van der Waals surface area (Å²) >= 11 is 3.40. The van der Waals surface area contributed by atoms with E-state index in [1.807, 2.05) is 18.2 Å². The number of nitrogens with one attached hydrogen (secondary N) is 1. The largest absolute Gasteiger partial charge is 0.341 e. The van der Waals surface area contributed by atoms with Crippen LogP contribution in [0.2, 0.25) is 0 Å². The Morgan fingerprint density at radius 3 is 2.86 bits per heavy atom. The molecule has 1 aliphatic rings. The third-order valence-electron chi connectivity index (χ3n) is 3.39. The Morgan fingerprint density at radius 2 is 2.14 bits per heavy atom. The van der Waals surface area contributed by atoms with E-state index in [1.54, 1.807) is 17.9 Å². The molecule has 0 spiro atoms.